The van der Waals surface area contributed by atoms with E-state index in [4.69, 9.17) is 15.9 Å². The standard InChI is InChI=1S/C14H17NO3/c1-4-5-6-9-15-14(16)12-8-7-11(17-2)10-13(12)18-3/h1,7-8,10H,5-6,9H2,2-3H3,(H,15,16). The second kappa shape index (κ2) is 7.23. The van der Waals surface area contributed by atoms with Crippen LogP contribution in [0.4, 0.5) is 0 Å². The van der Waals surface area contributed by atoms with E-state index in [1.54, 1.807) is 25.3 Å². The Morgan fingerprint density at radius 1 is 1.39 bits per heavy atom. The lowest BCUT2D eigenvalue weighted by atomic mass is 10.1. The van der Waals surface area contributed by atoms with Crippen molar-refractivity contribution in [2.24, 2.45) is 0 Å². The molecule has 4 nitrogen and oxygen atoms in total. The SMILES string of the molecule is C#CCCCNC(=O)c1ccc(OC)cc1OC. The molecule has 1 aromatic carbocycles. The Bertz CT molecular complexity index is 449. The summed E-state index contributed by atoms with van der Waals surface area (Å²) >= 11 is 0. The highest BCUT2D eigenvalue weighted by Gasteiger charge is 2.12. The first kappa shape index (κ1) is 13.9. The molecule has 0 aromatic heterocycles. The largest absolute Gasteiger partial charge is 0.497 e. The van der Waals surface area contributed by atoms with Gasteiger partial charge in [-0.2, -0.15) is 0 Å². The smallest absolute Gasteiger partial charge is 0.255 e. The molecule has 18 heavy (non-hydrogen) atoms. The molecule has 0 atom stereocenters. The van der Waals surface area contributed by atoms with Crippen LogP contribution in [0.3, 0.4) is 0 Å². The quantitative estimate of drug-likeness (QED) is 0.616. The maximum Gasteiger partial charge on any atom is 0.255 e. The molecule has 1 amide bonds. The Hall–Kier alpha value is -2.15. The minimum absolute atomic E-state index is 0.175. The maximum absolute atomic E-state index is 11.9. The molecule has 0 saturated carbocycles. The number of terminal acetylenes is 1. The molecule has 96 valence electrons. The van der Waals surface area contributed by atoms with E-state index in [0.29, 0.717) is 30.0 Å². The van der Waals surface area contributed by atoms with Crippen LogP contribution in [-0.4, -0.2) is 26.7 Å². The Morgan fingerprint density at radius 3 is 2.78 bits per heavy atom. The summed E-state index contributed by atoms with van der Waals surface area (Å²) in [4.78, 5) is 11.9. The summed E-state index contributed by atoms with van der Waals surface area (Å²) in [5, 5.41) is 2.79. The van der Waals surface area contributed by atoms with Crippen molar-refractivity contribution in [2.75, 3.05) is 20.8 Å². The first-order chi connectivity index (χ1) is 8.72. The van der Waals surface area contributed by atoms with Crippen LogP contribution in [-0.2, 0) is 0 Å². The van der Waals surface area contributed by atoms with Gasteiger partial charge >= 0.3 is 0 Å². The predicted molar refractivity (Wildman–Crippen MR) is 69.9 cm³/mol. The monoisotopic (exact) mass is 247 g/mol. The Kier molecular flexibility index (Phi) is 5.59. The lowest BCUT2D eigenvalue weighted by Crippen LogP contribution is -2.24. The molecule has 0 spiro atoms. The number of benzene rings is 1. The highest BCUT2D eigenvalue weighted by Crippen LogP contribution is 2.24. The van der Waals surface area contributed by atoms with E-state index in [1.165, 1.54) is 7.11 Å². The number of carbonyl (C=O) groups excluding carboxylic acids is 1. The second-order valence-electron chi connectivity index (χ2n) is 3.63. The van der Waals surface area contributed by atoms with Crippen LogP contribution in [0.1, 0.15) is 23.2 Å². The molecule has 0 radical (unpaired) electrons. The number of carbonyl (C=O) groups is 1. The maximum atomic E-state index is 11.9. The van der Waals surface area contributed by atoms with Gasteiger partial charge in [-0.15, -0.1) is 12.3 Å². The van der Waals surface area contributed by atoms with E-state index in [0.717, 1.165) is 6.42 Å². The van der Waals surface area contributed by atoms with Crippen LogP contribution in [0.5, 0.6) is 11.5 Å². The fourth-order valence-corrected chi connectivity index (χ4v) is 1.47. The van der Waals surface area contributed by atoms with E-state index in [-0.39, 0.29) is 5.91 Å². The first-order valence-corrected chi connectivity index (χ1v) is 5.66. The van der Waals surface area contributed by atoms with Gasteiger partial charge in [-0.25, -0.2) is 0 Å². The molecule has 4 heteroatoms. The molecule has 0 heterocycles. The van der Waals surface area contributed by atoms with Crippen LogP contribution in [0, 0.1) is 12.3 Å². The van der Waals surface area contributed by atoms with Gasteiger partial charge in [0.05, 0.1) is 19.8 Å². The van der Waals surface area contributed by atoms with Crippen LogP contribution < -0.4 is 14.8 Å². The van der Waals surface area contributed by atoms with Crippen molar-refractivity contribution in [1.29, 1.82) is 0 Å². The fraction of sp³-hybridized carbons (Fsp3) is 0.357. The third-order valence-corrected chi connectivity index (χ3v) is 2.44. The summed E-state index contributed by atoms with van der Waals surface area (Å²) in [6, 6.07) is 5.07. The topological polar surface area (TPSA) is 47.6 Å². The van der Waals surface area contributed by atoms with Crippen LogP contribution in [0.2, 0.25) is 0 Å². The molecule has 0 aliphatic rings. The molecule has 1 N–H and O–H groups in total. The number of rotatable bonds is 6. The van der Waals surface area contributed by atoms with Crippen molar-refractivity contribution in [1.82, 2.24) is 5.32 Å². The van der Waals surface area contributed by atoms with Gasteiger partial charge in [-0.1, -0.05) is 0 Å². The molecule has 1 rings (SSSR count). The normalized spacial score (nSPS) is 9.39. The molecule has 0 unspecified atom stereocenters. The van der Waals surface area contributed by atoms with Crippen LogP contribution in [0.15, 0.2) is 18.2 Å². The first-order valence-electron chi connectivity index (χ1n) is 5.66. The third kappa shape index (κ3) is 3.70. The Balaban J connectivity index is 2.70. The summed E-state index contributed by atoms with van der Waals surface area (Å²) in [5.74, 6) is 3.49. The molecule has 0 aliphatic heterocycles. The van der Waals surface area contributed by atoms with Gasteiger partial charge in [0.25, 0.3) is 5.91 Å². The number of methoxy groups -OCH3 is 2. The molecule has 0 fully saturated rings. The van der Waals surface area contributed by atoms with E-state index < -0.39 is 0 Å². The number of amides is 1. The number of unbranched alkanes of at least 4 members (excludes halogenated alkanes) is 1. The van der Waals surface area contributed by atoms with Gasteiger partial charge in [-0.3, -0.25) is 4.79 Å². The highest BCUT2D eigenvalue weighted by atomic mass is 16.5. The van der Waals surface area contributed by atoms with Crippen molar-refractivity contribution in [2.45, 2.75) is 12.8 Å². The summed E-state index contributed by atoms with van der Waals surface area (Å²) in [6.45, 7) is 0.554. The average molecular weight is 247 g/mol. The third-order valence-electron chi connectivity index (χ3n) is 2.44. The van der Waals surface area contributed by atoms with Crippen molar-refractivity contribution >= 4 is 5.91 Å². The predicted octanol–water partition coefficient (Wildman–Crippen LogP) is 1.85. The number of hydrogen-bond donors (Lipinski definition) is 1. The van der Waals surface area contributed by atoms with Gasteiger partial charge < -0.3 is 14.8 Å². The number of ether oxygens (including phenoxy) is 2. The molecule has 0 aliphatic carbocycles. The summed E-state index contributed by atoms with van der Waals surface area (Å²) in [7, 11) is 3.08. The second-order valence-corrected chi connectivity index (χ2v) is 3.63. The van der Waals surface area contributed by atoms with Crippen molar-refractivity contribution < 1.29 is 14.3 Å². The summed E-state index contributed by atoms with van der Waals surface area (Å²) in [5.41, 5.74) is 0.485. The van der Waals surface area contributed by atoms with Gasteiger partial charge in [0, 0.05) is 19.0 Å². The van der Waals surface area contributed by atoms with Crippen molar-refractivity contribution in [3.8, 4) is 23.8 Å². The van der Waals surface area contributed by atoms with Crippen molar-refractivity contribution in [3.63, 3.8) is 0 Å². The highest BCUT2D eigenvalue weighted by molar-refractivity contribution is 5.97. The zero-order valence-corrected chi connectivity index (χ0v) is 10.7. The number of nitrogens with one attached hydrogen (secondary N) is 1. The van der Waals surface area contributed by atoms with E-state index in [9.17, 15) is 4.79 Å². The Labute approximate surface area is 107 Å². The van der Waals surface area contributed by atoms with Gasteiger partial charge in [0.2, 0.25) is 0 Å². The van der Waals surface area contributed by atoms with E-state index >= 15 is 0 Å². The van der Waals surface area contributed by atoms with Gasteiger partial charge in [-0.05, 0) is 18.6 Å². The summed E-state index contributed by atoms with van der Waals surface area (Å²) < 4.78 is 10.2. The Morgan fingerprint density at radius 2 is 2.17 bits per heavy atom. The van der Waals surface area contributed by atoms with Gasteiger partial charge in [0.1, 0.15) is 11.5 Å². The minimum Gasteiger partial charge on any atom is -0.497 e. The van der Waals surface area contributed by atoms with E-state index in [1.807, 2.05) is 0 Å². The number of hydrogen-bond acceptors (Lipinski definition) is 3. The molecule has 0 saturated heterocycles. The lowest BCUT2D eigenvalue weighted by molar-refractivity contribution is 0.0950. The van der Waals surface area contributed by atoms with Crippen molar-refractivity contribution in [3.05, 3.63) is 23.8 Å². The minimum atomic E-state index is -0.175. The molecular formula is C14H17NO3. The van der Waals surface area contributed by atoms with E-state index in [2.05, 4.69) is 11.2 Å². The summed E-state index contributed by atoms with van der Waals surface area (Å²) in [6.07, 6.45) is 6.55. The zero-order valence-electron chi connectivity index (χ0n) is 10.7. The van der Waals surface area contributed by atoms with Gasteiger partial charge in [0.15, 0.2) is 0 Å². The zero-order chi connectivity index (χ0) is 13.4. The molecular weight excluding hydrogens is 230 g/mol. The van der Waals surface area contributed by atoms with Crippen LogP contribution in [0.25, 0.3) is 0 Å². The molecule has 1 aromatic rings. The van der Waals surface area contributed by atoms with Crippen LogP contribution >= 0.6 is 0 Å². The lowest BCUT2D eigenvalue weighted by Gasteiger charge is -2.10. The molecule has 0 bridgehead atoms. The fourth-order valence-electron chi connectivity index (χ4n) is 1.47. The average Bonchev–Trinajstić information content (AvgIpc) is 2.42.